The van der Waals surface area contributed by atoms with E-state index in [9.17, 15) is 4.79 Å². The largest absolute Gasteiger partial charge is 0.352 e. The highest BCUT2D eigenvalue weighted by atomic mass is 32.2. The van der Waals surface area contributed by atoms with Gasteiger partial charge >= 0.3 is 0 Å². The summed E-state index contributed by atoms with van der Waals surface area (Å²) < 4.78 is 2.20. The van der Waals surface area contributed by atoms with Gasteiger partial charge in [-0.3, -0.25) is 4.79 Å². The maximum Gasteiger partial charge on any atom is 0.230 e. The van der Waals surface area contributed by atoms with Crippen molar-refractivity contribution >= 4 is 17.7 Å². The van der Waals surface area contributed by atoms with Crippen molar-refractivity contribution in [2.24, 2.45) is 11.8 Å². The number of amides is 1. The molecule has 0 unspecified atom stereocenters. The Morgan fingerprint density at radius 3 is 2.96 bits per heavy atom. The molecule has 2 aliphatic rings. The lowest BCUT2D eigenvalue weighted by Gasteiger charge is -2.34. The van der Waals surface area contributed by atoms with Crippen molar-refractivity contribution in [3.8, 4) is 0 Å². The van der Waals surface area contributed by atoms with Crippen LogP contribution in [0.3, 0.4) is 0 Å². The molecule has 1 N–H and O–H groups in total. The van der Waals surface area contributed by atoms with Gasteiger partial charge in [0.05, 0.1) is 5.75 Å². The van der Waals surface area contributed by atoms with E-state index in [0.717, 1.165) is 30.4 Å². The molecular weight excluding hydrogens is 308 g/mol. The maximum absolute atomic E-state index is 12.3. The van der Waals surface area contributed by atoms with Gasteiger partial charge < -0.3 is 9.88 Å². The molecule has 128 valence electrons. The van der Waals surface area contributed by atoms with Crippen molar-refractivity contribution in [3.05, 3.63) is 5.82 Å². The van der Waals surface area contributed by atoms with Crippen LogP contribution in [0.2, 0.25) is 0 Å². The highest BCUT2D eigenvalue weighted by Gasteiger charge is 2.28. The van der Waals surface area contributed by atoms with Crippen LogP contribution in [0.25, 0.3) is 0 Å². The number of hydrogen-bond acceptors (Lipinski definition) is 4. The first-order valence-corrected chi connectivity index (χ1v) is 9.98. The maximum atomic E-state index is 12.3. The predicted octanol–water partition coefficient (Wildman–Crippen LogP) is 3.04. The SMILES string of the molecule is C[C@@H]1[C@H](C)CCC[C@H]1NC(=O)CSc1nnc2n1CCCCC2. The Balaban J connectivity index is 1.52. The summed E-state index contributed by atoms with van der Waals surface area (Å²) in [6.07, 6.45) is 8.27. The number of carbonyl (C=O) groups is 1. The Morgan fingerprint density at radius 2 is 2.09 bits per heavy atom. The second kappa shape index (κ2) is 7.69. The summed E-state index contributed by atoms with van der Waals surface area (Å²) in [5.74, 6) is 2.93. The fraction of sp³-hybridized carbons (Fsp3) is 0.824. The van der Waals surface area contributed by atoms with E-state index in [1.165, 1.54) is 43.9 Å². The highest BCUT2D eigenvalue weighted by Crippen LogP contribution is 2.29. The van der Waals surface area contributed by atoms with Gasteiger partial charge in [-0.05, 0) is 31.1 Å². The van der Waals surface area contributed by atoms with Crippen molar-refractivity contribution in [1.82, 2.24) is 20.1 Å². The lowest BCUT2D eigenvalue weighted by Crippen LogP contribution is -2.44. The van der Waals surface area contributed by atoms with E-state index < -0.39 is 0 Å². The normalized spacial score (nSPS) is 28.0. The minimum absolute atomic E-state index is 0.131. The fourth-order valence-electron chi connectivity index (χ4n) is 3.73. The van der Waals surface area contributed by atoms with Crippen molar-refractivity contribution in [2.45, 2.75) is 76.5 Å². The number of aryl methyl sites for hydroxylation is 1. The van der Waals surface area contributed by atoms with Crippen LogP contribution in [0.15, 0.2) is 5.16 Å². The molecule has 0 radical (unpaired) electrons. The van der Waals surface area contributed by atoms with Crippen LogP contribution in [0.1, 0.15) is 58.2 Å². The predicted molar refractivity (Wildman–Crippen MR) is 92.4 cm³/mol. The summed E-state index contributed by atoms with van der Waals surface area (Å²) in [6, 6.07) is 0.336. The molecule has 0 spiro atoms. The number of nitrogens with zero attached hydrogens (tertiary/aromatic N) is 3. The summed E-state index contributed by atoms with van der Waals surface area (Å²) in [7, 11) is 0. The molecule has 1 aliphatic carbocycles. The van der Waals surface area contributed by atoms with Gasteiger partial charge in [-0.1, -0.05) is 44.9 Å². The highest BCUT2D eigenvalue weighted by molar-refractivity contribution is 7.99. The Bertz CT molecular complexity index is 545. The lowest BCUT2D eigenvalue weighted by atomic mass is 9.78. The molecule has 3 rings (SSSR count). The zero-order chi connectivity index (χ0) is 16.2. The molecule has 3 atom stereocenters. The molecule has 1 saturated carbocycles. The zero-order valence-corrected chi connectivity index (χ0v) is 15.1. The zero-order valence-electron chi connectivity index (χ0n) is 14.3. The third-order valence-corrected chi connectivity index (χ3v) is 6.43. The van der Waals surface area contributed by atoms with E-state index in [0.29, 0.717) is 23.6 Å². The third kappa shape index (κ3) is 4.08. The van der Waals surface area contributed by atoms with Crippen LogP contribution in [-0.4, -0.2) is 32.5 Å². The Hall–Kier alpha value is -1.04. The Labute approximate surface area is 143 Å². The second-order valence-electron chi connectivity index (χ2n) is 7.09. The van der Waals surface area contributed by atoms with Crippen LogP contribution in [0.5, 0.6) is 0 Å². The average molecular weight is 337 g/mol. The molecule has 6 heteroatoms. The van der Waals surface area contributed by atoms with Crippen LogP contribution in [0.4, 0.5) is 0 Å². The van der Waals surface area contributed by atoms with Crippen molar-refractivity contribution in [3.63, 3.8) is 0 Å². The van der Waals surface area contributed by atoms with Gasteiger partial charge in [0, 0.05) is 19.0 Å². The van der Waals surface area contributed by atoms with E-state index in [2.05, 4.69) is 33.9 Å². The first-order chi connectivity index (χ1) is 11.1. The molecule has 2 heterocycles. The third-order valence-electron chi connectivity index (χ3n) is 5.46. The fourth-order valence-corrected chi connectivity index (χ4v) is 4.52. The number of aromatic nitrogens is 3. The number of nitrogens with one attached hydrogen (secondary N) is 1. The second-order valence-corrected chi connectivity index (χ2v) is 8.03. The summed E-state index contributed by atoms with van der Waals surface area (Å²) in [5, 5.41) is 12.7. The summed E-state index contributed by atoms with van der Waals surface area (Å²) in [4.78, 5) is 12.3. The first kappa shape index (κ1) is 16.8. The number of carbonyl (C=O) groups excluding carboxylic acids is 1. The van der Waals surface area contributed by atoms with E-state index in [1.54, 1.807) is 0 Å². The van der Waals surface area contributed by atoms with E-state index >= 15 is 0 Å². The molecule has 0 saturated heterocycles. The van der Waals surface area contributed by atoms with Crippen molar-refractivity contribution in [2.75, 3.05) is 5.75 Å². The number of fused-ring (bicyclic) bond motifs is 1. The number of thioether (sulfide) groups is 1. The van der Waals surface area contributed by atoms with Crippen LogP contribution in [-0.2, 0) is 17.8 Å². The molecule has 1 fully saturated rings. The molecule has 5 nitrogen and oxygen atoms in total. The lowest BCUT2D eigenvalue weighted by molar-refractivity contribution is -0.120. The van der Waals surface area contributed by atoms with Crippen molar-refractivity contribution < 1.29 is 4.79 Å². The van der Waals surface area contributed by atoms with E-state index in [4.69, 9.17) is 0 Å². The minimum Gasteiger partial charge on any atom is -0.352 e. The molecule has 1 aromatic rings. The van der Waals surface area contributed by atoms with Gasteiger partial charge in [0.1, 0.15) is 5.82 Å². The van der Waals surface area contributed by atoms with Gasteiger partial charge in [0.15, 0.2) is 5.16 Å². The molecule has 1 aliphatic heterocycles. The minimum atomic E-state index is 0.131. The Morgan fingerprint density at radius 1 is 1.22 bits per heavy atom. The van der Waals surface area contributed by atoms with Crippen molar-refractivity contribution in [1.29, 1.82) is 0 Å². The van der Waals surface area contributed by atoms with Gasteiger partial charge in [0.25, 0.3) is 0 Å². The van der Waals surface area contributed by atoms with Crippen LogP contribution < -0.4 is 5.32 Å². The van der Waals surface area contributed by atoms with Crippen LogP contribution >= 0.6 is 11.8 Å². The molecule has 0 bridgehead atoms. The topological polar surface area (TPSA) is 59.8 Å². The number of rotatable bonds is 4. The van der Waals surface area contributed by atoms with E-state index in [-0.39, 0.29) is 5.91 Å². The monoisotopic (exact) mass is 336 g/mol. The molecule has 1 aromatic heterocycles. The van der Waals surface area contributed by atoms with Gasteiger partial charge in [-0.15, -0.1) is 10.2 Å². The van der Waals surface area contributed by atoms with Gasteiger partial charge in [-0.25, -0.2) is 0 Å². The molecule has 1 amide bonds. The number of hydrogen-bond donors (Lipinski definition) is 1. The molecule has 0 aromatic carbocycles. The Kier molecular flexibility index (Phi) is 5.62. The first-order valence-electron chi connectivity index (χ1n) is 8.99. The summed E-state index contributed by atoms with van der Waals surface area (Å²) in [6.45, 7) is 5.55. The smallest absolute Gasteiger partial charge is 0.230 e. The van der Waals surface area contributed by atoms with Gasteiger partial charge in [0.2, 0.25) is 5.91 Å². The molecular formula is C17H28N4OS. The molecule has 23 heavy (non-hydrogen) atoms. The average Bonchev–Trinajstić information content (AvgIpc) is 2.76. The van der Waals surface area contributed by atoms with Crippen LogP contribution in [0, 0.1) is 11.8 Å². The summed E-state index contributed by atoms with van der Waals surface area (Å²) >= 11 is 1.53. The van der Waals surface area contributed by atoms with E-state index in [1.807, 2.05) is 0 Å². The van der Waals surface area contributed by atoms with Gasteiger partial charge in [-0.2, -0.15) is 0 Å². The standard InChI is InChI=1S/C17H28N4OS/c1-12-7-6-8-14(13(12)2)18-16(22)11-23-17-20-19-15-9-4-3-5-10-21(15)17/h12-14H,3-11H2,1-2H3,(H,18,22)/t12-,13-,14-/m1/s1. The quantitative estimate of drug-likeness (QED) is 0.859. The summed E-state index contributed by atoms with van der Waals surface area (Å²) in [5.41, 5.74) is 0.